The predicted octanol–water partition coefficient (Wildman–Crippen LogP) is 3.70. The monoisotopic (exact) mass is 318 g/mol. The van der Waals surface area contributed by atoms with Gasteiger partial charge in [0.15, 0.2) is 0 Å². The molecule has 0 aliphatic carbocycles. The number of hydrogen-bond donors (Lipinski definition) is 0. The first-order valence-electron chi connectivity index (χ1n) is 9.03. The standard InChI is InChI=1S/C19H27FN2O/c20-17-9-7-16(8-10-17)19(23)22-14-5-2-6-18(22)11-15-21-12-3-1-4-13-21/h7-10,18H,1-6,11-15H2/t18-/m1/s1. The van der Waals surface area contributed by atoms with Crippen LogP contribution in [-0.4, -0.2) is 47.9 Å². The Morgan fingerprint density at radius 1 is 1.00 bits per heavy atom. The smallest absolute Gasteiger partial charge is 0.254 e. The second-order valence-electron chi connectivity index (χ2n) is 6.85. The Hall–Kier alpha value is -1.42. The van der Waals surface area contributed by atoms with E-state index in [0.717, 1.165) is 32.4 Å². The number of hydrogen-bond acceptors (Lipinski definition) is 2. The van der Waals surface area contributed by atoms with Crippen LogP contribution < -0.4 is 0 Å². The van der Waals surface area contributed by atoms with Crippen molar-refractivity contribution in [2.75, 3.05) is 26.2 Å². The van der Waals surface area contributed by atoms with Crippen LogP contribution in [0.2, 0.25) is 0 Å². The lowest BCUT2D eigenvalue weighted by molar-refractivity contribution is 0.0579. The van der Waals surface area contributed by atoms with Crippen LogP contribution in [0.1, 0.15) is 55.3 Å². The Bertz CT molecular complexity index is 511. The zero-order valence-electron chi connectivity index (χ0n) is 13.8. The number of carbonyl (C=O) groups excluding carboxylic acids is 1. The van der Waals surface area contributed by atoms with Crippen molar-refractivity contribution in [1.82, 2.24) is 9.80 Å². The molecule has 0 radical (unpaired) electrons. The minimum atomic E-state index is -0.290. The summed E-state index contributed by atoms with van der Waals surface area (Å²) in [6.07, 6.45) is 8.42. The van der Waals surface area contributed by atoms with Gasteiger partial charge in [0, 0.05) is 24.7 Å². The molecule has 2 heterocycles. The number of amides is 1. The Morgan fingerprint density at radius 2 is 1.70 bits per heavy atom. The highest BCUT2D eigenvalue weighted by Gasteiger charge is 2.27. The lowest BCUT2D eigenvalue weighted by Gasteiger charge is -2.37. The number of piperidine rings is 2. The van der Waals surface area contributed by atoms with E-state index in [2.05, 4.69) is 4.90 Å². The van der Waals surface area contributed by atoms with E-state index in [-0.39, 0.29) is 11.7 Å². The van der Waals surface area contributed by atoms with Crippen molar-refractivity contribution in [3.63, 3.8) is 0 Å². The van der Waals surface area contributed by atoms with Gasteiger partial charge in [-0.1, -0.05) is 6.42 Å². The number of halogens is 1. The van der Waals surface area contributed by atoms with E-state index in [1.807, 2.05) is 4.90 Å². The van der Waals surface area contributed by atoms with Gasteiger partial charge in [-0.3, -0.25) is 4.79 Å². The van der Waals surface area contributed by atoms with Gasteiger partial charge in [-0.2, -0.15) is 0 Å². The Labute approximate surface area is 138 Å². The molecule has 2 aliphatic rings. The maximum Gasteiger partial charge on any atom is 0.254 e. The van der Waals surface area contributed by atoms with Gasteiger partial charge in [0.1, 0.15) is 5.82 Å². The maximum absolute atomic E-state index is 13.1. The van der Waals surface area contributed by atoms with Crippen LogP contribution in [0.5, 0.6) is 0 Å². The molecule has 1 amide bonds. The molecule has 2 aliphatic heterocycles. The maximum atomic E-state index is 13.1. The molecule has 3 rings (SSSR count). The van der Waals surface area contributed by atoms with Crippen molar-refractivity contribution in [2.45, 2.75) is 51.0 Å². The summed E-state index contributed by atoms with van der Waals surface area (Å²) in [5.74, 6) is -0.227. The Kier molecular flexibility index (Phi) is 5.65. The molecule has 126 valence electrons. The molecule has 0 bridgehead atoms. The summed E-state index contributed by atoms with van der Waals surface area (Å²) in [6.45, 7) is 4.34. The van der Waals surface area contributed by atoms with Crippen molar-refractivity contribution >= 4 is 5.91 Å². The normalized spacial score (nSPS) is 23.0. The largest absolute Gasteiger partial charge is 0.336 e. The summed E-state index contributed by atoms with van der Waals surface area (Å²) < 4.78 is 13.1. The quantitative estimate of drug-likeness (QED) is 0.845. The zero-order chi connectivity index (χ0) is 16.1. The van der Waals surface area contributed by atoms with Crippen LogP contribution in [0.25, 0.3) is 0 Å². The van der Waals surface area contributed by atoms with Gasteiger partial charge >= 0.3 is 0 Å². The highest BCUT2D eigenvalue weighted by molar-refractivity contribution is 5.94. The van der Waals surface area contributed by atoms with Gasteiger partial charge in [-0.05, 0) is 75.9 Å². The molecule has 1 aromatic rings. The highest BCUT2D eigenvalue weighted by atomic mass is 19.1. The third-order valence-corrected chi connectivity index (χ3v) is 5.21. The van der Waals surface area contributed by atoms with Gasteiger partial charge in [0.05, 0.1) is 0 Å². The molecule has 0 aromatic heterocycles. The Morgan fingerprint density at radius 3 is 2.43 bits per heavy atom. The average Bonchev–Trinajstić information content (AvgIpc) is 2.61. The molecule has 0 spiro atoms. The van der Waals surface area contributed by atoms with Crippen LogP contribution in [0.4, 0.5) is 4.39 Å². The number of nitrogens with zero attached hydrogens (tertiary/aromatic N) is 2. The summed E-state index contributed by atoms with van der Waals surface area (Å²) in [5, 5.41) is 0. The molecule has 0 unspecified atom stereocenters. The fourth-order valence-electron chi connectivity index (χ4n) is 3.84. The van der Waals surface area contributed by atoms with E-state index < -0.39 is 0 Å². The van der Waals surface area contributed by atoms with E-state index in [1.165, 1.54) is 50.9 Å². The number of benzene rings is 1. The molecule has 0 saturated carbocycles. The van der Waals surface area contributed by atoms with Crippen LogP contribution >= 0.6 is 0 Å². The lowest BCUT2D eigenvalue weighted by Crippen LogP contribution is -2.45. The fraction of sp³-hybridized carbons (Fsp3) is 0.632. The summed E-state index contributed by atoms with van der Waals surface area (Å²) in [4.78, 5) is 17.3. The second-order valence-corrected chi connectivity index (χ2v) is 6.85. The van der Waals surface area contributed by atoms with Gasteiger partial charge < -0.3 is 9.80 Å². The molecule has 0 N–H and O–H groups in total. The molecule has 2 saturated heterocycles. The van der Waals surface area contributed by atoms with Crippen LogP contribution in [0, 0.1) is 5.82 Å². The molecular formula is C19H27FN2O. The molecule has 23 heavy (non-hydrogen) atoms. The summed E-state index contributed by atoms with van der Waals surface area (Å²) >= 11 is 0. The SMILES string of the molecule is O=C(c1ccc(F)cc1)N1CCCC[C@@H]1CCN1CCCCC1. The molecular weight excluding hydrogens is 291 g/mol. The van der Waals surface area contributed by atoms with E-state index in [1.54, 1.807) is 12.1 Å². The molecule has 4 heteroatoms. The van der Waals surface area contributed by atoms with E-state index in [0.29, 0.717) is 11.6 Å². The molecule has 1 atom stereocenters. The fourth-order valence-corrected chi connectivity index (χ4v) is 3.84. The number of carbonyl (C=O) groups is 1. The molecule has 3 nitrogen and oxygen atoms in total. The van der Waals surface area contributed by atoms with Crippen molar-refractivity contribution in [3.8, 4) is 0 Å². The van der Waals surface area contributed by atoms with E-state index in [4.69, 9.17) is 0 Å². The number of likely N-dealkylation sites (tertiary alicyclic amines) is 2. The predicted molar refractivity (Wildman–Crippen MR) is 90.0 cm³/mol. The van der Waals surface area contributed by atoms with Gasteiger partial charge in [0.25, 0.3) is 5.91 Å². The average molecular weight is 318 g/mol. The number of rotatable bonds is 4. The van der Waals surface area contributed by atoms with Crippen molar-refractivity contribution in [2.24, 2.45) is 0 Å². The summed E-state index contributed by atoms with van der Waals surface area (Å²) in [5.41, 5.74) is 0.608. The second kappa shape index (κ2) is 7.91. The van der Waals surface area contributed by atoms with Crippen molar-refractivity contribution < 1.29 is 9.18 Å². The topological polar surface area (TPSA) is 23.6 Å². The van der Waals surface area contributed by atoms with Gasteiger partial charge in [-0.15, -0.1) is 0 Å². The lowest BCUT2D eigenvalue weighted by atomic mass is 9.97. The van der Waals surface area contributed by atoms with Crippen molar-refractivity contribution in [3.05, 3.63) is 35.6 Å². The first-order chi connectivity index (χ1) is 11.2. The van der Waals surface area contributed by atoms with Gasteiger partial charge in [0.2, 0.25) is 0 Å². The molecule has 2 fully saturated rings. The summed E-state index contributed by atoms with van der Waals surface area (Å²) in [6, 6.07) is 6.30. The third kappa shape index (κ3) is 4.31. The first kappa shape index (κ1) is 16.4. The van der Waals surface area contributed by atoms with E-state index >= 15 is 0 Å². The van der Waals surface area contributed by atoms with Crippen LogP contribution in [0.3, 0.4) is 0 Å². The van der Waals surface area contributed by atoms with Gasteiger partial charge in [-0.25, -0.2) is 4.39 Å². The molecule has 1 aromatic carbocycles. The minimum absolute atomic E-state index is 0.0633. The third-order valence-electron chi connectivity index (χ3n) is 5.21. The zero-order valence-corrected chi connectivity index (χ0v) is 13.8. The first-order valence-corrected chi connectivity index (χ1v) is 9.03. The minimum Gasteiger partial charge on any atom is -0.336 e. The van der Waals surface area contributed by atoms with Crippen LogP contribution in [0.15, 0.2) is 24.3 Å². The van der Waals surface area contributed by atoms with Crippen molar-refractivity contribution in [1.29, 1.82) is 0 Å². The van der Waals surface area contributed by atoms with Crippen LogP contribution in [-0.2, 0) is 0 Å². The Balaban J connectivity index is 1.61. The van der Waals surface area contributed by atoms with E-state index in [9.17, 15) is 9.18 Å². The summed E-state index contributed by atoms with van der Waals surface area (Å²) in [7, 11) is 0. The highest BCUT2D eigenvalue weighted by Crippen LogP contribution is 2.23.